The molecule has 0 aliphatic carbocycles. The van der Waals surface area contributed by atoms with Gasteiger partial charge in [0.05, 0.1) is 6.61 Å². The molecule has 0 spiro atoms. The van der Waals surface area contributed by atoms with E-state index in [0.717, 1.165) is 0 Å². The Morgan fingerprint density at radius 2 is 1.91 bits per heavy atom. The first kappa shape index (κ1) is 17.7. The van der Waals surface area contributed by atoms with Gasteiger partial charge in [-0.25, -0.2) is 4.79 Å². The van der Waals surface area contributed by atoms with Gasteiger partial charge in [-0.1, -0.05) is 20.8 Å². The molecule has 0 amide bonds. The molecule has 2 aliphatic heterocycles. The zero-order chi connectivity index (χ0) is 16.8. The third-order valence-corrected chi connectivity index (χ3v) is 9.13. The largest absolute Gasteiger partial charge is 0.453 e. The molecule has 126 valence electrons. The summed E-state index contributed by atoms with van der Waals surface area (Å²) < 4.78 is 23.4. The zero-order valence-electron chi connectivity index (χ0n) is 14.6. The summed E-state index contributed by atoms with van der Waals surface area (Å²) in [7, 11) is -1.89. The van der Waals surface area contributed by atoms with Crippen molar-refractivity contribution in [3.63, 3.8) is 0 Å². The van der Waals surface area contributed by atoms with Gasteiger partial charge in [0.25, 0.3) is 0 Å². The smallest absolute Gasteiger partial charge is 0.330 e. The van der Waals surface area contributed by atoms with Crippen molar-refractivity contribution in [3.8, 4) is 0 Å². The number of hydrogen-bond donors (Lipinski definition) is 0. The predicted molar refractivity (Wildman–Crippen MR) is 86.0 cm³/mol. The van der Waals surface area contributed by atoms with Crippen molar-refractivity contribution >= 4 is 14.3 Å². The molecule has 2 aliphatic rings. The highest BCUT2D eigenvalue weighted by Crippen LogP contribution is 2.38. The topological polar surface area (TPSA) is 54.0 Å². The summed E-state index contributed by atoms with van der Waals surface area (Å²) in [4.78, 5) is 11.5. The highest BCUT2D eigenvalue weighted by Gasteiger charge is 2.47. The third kappa shape index (κ3) is 3.79. The van der Waals surface area contributed by atoms with Crippen LogP contribution in [0, 0.1) is 0 Å². The van der Waals surface area contributed by atoms with E-state index in [4.69, 9.17) is 18.6 Å². The van der Waals surface area contributed by atoms with Gasteiger partial charge in [-0.2, -0.15) is 0 Å². The molecular weight excluding hydrogens is 300 g/mol. The van der Waals surface area contributed by atoms with Crippen LogP contribution in [0.3, 0.4) is 0 Å². The Balaban J connectivity index is 2.11. The van der Waals surface area contributed by atoms with Gasteiger partial charge in [0, 0.05) is 6.08 Å². The minimum absolute atomic E-state index is 0.121. The molecule has 0 aromatic heterocycles. The van der Waals surface area contributed by atoms with Crippen LogP contribution in [0.2, 0.25) is 18.1 Å². The molecule has 2 rings (SSSR count). The monoisotopic (exact) mass is 328 g/mol. The van der Waals surface area contributed by atoms with Crippen LogP contribution in [-0.2, 0) is 23.4 Å². The molecule has 22 heavy (non-hydrogen) atoms. The van der Waals surface area contributed by atoms with Crippen LogP contribution in [0.4, 0.5) is 0 Å². The van der Waals surface area contributed by atoms with Gasteiger partial charge in [-0.15, -0.1) is 0 Å². The lowest BCUT2D eigenvalue weighted by molar-refractivity contribution is -0.328. The average molecular weight is 328 g/mol. The molecule has 0 bridgehead atoms. The zero-order valence-corrected chi connectivity index (χ0v) is 15.6. The van der Waals surface area contributed by atoms with E-state index in [0.29, 0.717) is 6.61 Å². The first-order chi connectivity index (χ1) is 9.91. The van der Waals surface area contributed by atoms with Crippen LogP contribution in [0.5, 0.6) is 0 Å². The Labute approximate surface area is 134 Å². The minimum atomic E-state index is -1.89. The van der Waals surface area contributed by atoms with E-state index in [-0.39, 0.29) is 23.2 Å². The SMILES string of the molecule is CC1(C)O[C@@H]2C=CC(=O)O[C@@H]2[C@@H](CO[Si](C)(C)C(C)(C)C)O1. The van der Waals surface area contributed by atoms with Gasteiger partial charge >= 0.3 is 5.97 Å². The molecule has 6 heteroatoms. The van der Waals surface area contributed by atoms with E-state index < -0.39 is 20.2 Å². The second-order valence-corrected chi connectivity index (χ2v) is 12.8. The molecule has 0 N–H and O–H groups in total. The molecule has 0 aromatic rings. The van der Waals surface area contributed by atoms with Crippen molar-refractivity contribution in [3.05, 3.63) is 12.2 Å². The molecule has 0 unspecified atom stereocenters. The maximum absolute atomic E-state index is 11.5. The molecule has 5 nitrogen and oxygen atoms in total. The van der Waals surface area contributed by atoms with Crippen molar-refractivity contribution < 1.29 is 23.4 Å². The normalized spacial score (nSPS) is 31.6. The molecule has 0 aromatic carbocycles. The van der Waals surface area contributed by atoms with Gasteiger partial charge in [0.1, 0.15) is 12.2 Å². The molecular formula is C16H28O5Si. The number of fused-ring (bicyclic) bond motifs is 1. The molecule has 1 fully saturated rings. The highest BCUT2D eigenvalue weighted by atomic mass is 28.4. The van der Waals surface area contributed by atoms with Crippen molar-refractivity contribution in [2.45, 2.75) is 76.8 Å². The van der Waals surface area contributed by atoms with Gasteiger partial charge in [-0.3, -0.25) is 0 Å². The number of hydrogen-bond acceptors (Lipinski definition) is 5. The van der Waals surface area contributed by atoms with Crippen molar-refractivity contribution in [2.75, 3.05) is 6.61 Å². The fourth-order valence-corrected chi connectivity index (χ4v) is 3.35. The standard InChI is InChI=1S/C16H28O5Si/c1-15(2,3)22(6,7)18-10-12-14-11(8-9-13(17)19-14)20-16(4,5)21-12/h8-9,11-12,14H,10H2,1-7H3/t11-,12-,14+/m1/s1. The predicted octanol–water partition coefficient (Wildman–Crippen LogP) is 3.01. The van der Waals surface area contributed by atoms with Gasteiger partial charge < -0.3 is 18.6 Å². The summed E-state index contributed by atoms with van der Waals surface area (Å²) in [6.07, 6.45) is 2.11. The fourth-order valence-electron chi connectivity index (χ4n) is 2.34. The first-order valence-electron chi connectivity index (χ1n) is 7.80. The van der Waals surface area contributed by atoms with E-state index in [1.54, 1.807) is 6.08 Å². The van der Waals surface area contributed by atoms with E-state index in [1.165, 1.54) is 6.08 Å². The van der Waals surface area contributed by atoms with Crippen LogP contribution in [0.15, 0.2) is 12.2 Å². The highest BCUT2D eigenvalue weighted by molar-refractivity contribution is 6.74. The number of ether oxygens (including phenoxy) is 3. The molecule has 2 heterocycles. The van der Waals surface area contributed by atoms with Crippen LogP contribution < -0.4 is 0 Å². The summed E-state index contributed by atoms with van der Waals surface area (Å²) in [6, 6.07) is 0. The number of esters is 1. The summed E-state index contributed by atoms with van der Waals surface area (Å²) >= 11 is 0. The lowest BCUT2D eigenvalue weighted by Crippen LogP contribution is -2.58. The Morgan fingerprint density at radius 1 is 1.27 bits per heavy atom. The summed E-state index contributed by atoms with van der Waals surface area (Å²) in [5, 5.41) is 0.121. The maximum atomic E-state index is 11.5. The van der Waals surface area contributed by atoms with Crippen molar-refractivity contribution in [1.29, 1.82) is 0 Å². The molecule has 0 radical (unpaired) electrons. The van der Waals surface area contributed by atoms with Gasteiger partial charge in [0.2, 0.25) is 0 Å². The van der Waals surface area contributed by atoms with E-state index in [1.807, 2.05) is 13.8 Å². The first-order valence-corrected chi connectivity index (χ1v) is 10.7. The molecule has 3 atom stereocenters. The lowest BCUT2D eigenvalue weighted by atomic mass is 10.0. The Bertz CT molecular complexity index is 464. The molecule has 0 saturated carbocycles. The van der Waals surface area contributed by atoms with Crippen molar-refractivity contribution in [1.82, 2.24) is 0 Å². The summed E-state index contributed by atoms with van der Waals surface area (Å²) in [5.41, 5.74) is 0. The van der Waals surface area contributed by atoms with Crippen LogP contribution >= 0.6 is 0 Å². The quantitative estimate of drug-likeness (QED) is 0.589. The second kappa shape index (κ2) is 5.74. The van der Waals surface area contributed by atoms with Crippen molar-refractivity contribution in [2.24, 2.45) is 0 Å². The van der Waals surface area contributed by atoms with Crippen LogP contribution in [0.1, 0.15) is 34.6 Å². The number of carbonyl (C=O) groups excluding carboxylic acids is 1. The average Bonchev–Trinajstić information content (AvgIpc) is 2.34. The maximum Gasteiger partial charge on any atom is 0.330 e. The van der Waals surface area contributed by atoms with E-state index >= 15 is 0 Å². The van der Waals surface area contributed by atoms with E-state index in [9.17, 15) is 4.79 Å². The number of carbonyl (C=O) groups is 1. The summed E-state index contributed by atoms with van der Waals surface area (Å²) in [5.74, 6) is -1.08. The summed E-state index contributed by atoms with van der Waals surface area (Å²) in [6.45, 7) is 15.1. The lowest BCUT2D eigenvalue weighted by Gasteiger charge is -2.46. The second-order valence-electron chi connectivity index (χ2n) is 7.97. The third-order valence-electron chi connectivity index (χ3n) is 4.63. The Hall–Kier alpha value is -0.693. The molecule has 1 saturated heterocycles. The van der Waals surface area contributed by atoms with Crippen LogP contribution in [-0.4, -0.2) is 45.0 Å². The van der Waals surface area contributed by atoms with Gasteiger partial charge in [-0.05, 0) is 38.1 Å². The van der Waals surface area contributed by atoms with Crippen LogP contribution in [0.25, 0.3) is 0 Å². The van der Waals surface area contributed by atoms with Gasteiger partial charge in [0.15, 0.2) is 20.2 Å². The Kier molecular flexibility index (Phi) is 4.61. The Morgan fingerprint density at radius 3 is 2.50 bits per heavy atom. The fraction of sp³-hybridized carbons (Fsp3) is 0.812. The van der Waals surface area contributed by atoms with E-state index in [2.05, 4.69) is 33.9 Å². The number of rotatable bonds is 3. The minimum Gasteiger partial charge on any atom is -0.453 e.